The fourth-order valence-electron chi connectivity index (χ4n) is 7.03. The Labute approximate surface area is 155 Å². The molecule has 4 heteroatoms. The third-order valence-electron chi connectivity index (χ3n) is 8.58. The molecular formula is C22H30N2O2. The second-order valence-electron chi connectivity index (χ2n) is 9.72. The zero-order chi connectivity index (χ0) is 17.6. The van der Waals surface area contributed by atoms with E-state index >= 15 is 0 Å². The summed E-state index contributed by atoms with van der Waals surface area (Å²) in [6.07, 6.45) is 8.58. The van der Waals surface area contributed by atoms with Crippen molar-refractivity contribution in [3.05, 3.63) is 29.3 Å². The minimum absolute atomic E-state index is 0.0560. The lowest BCUT2D eigenvalue weighted by Crippen LogP contribution is -2.81. The van der Waals surface area contributed by atoms with Gasteiger partial charge in [0.05, 0.1) is 12.2 Å². The molecule has 1 aromatic carbocycles. The highest BCUT2D eigenvalue weighted by Crippen LogP contribution is 2.64. The molecule has 6 aliphatic rings. The van der Waals surface area contributed by atoms with Crippen LogP contribution in [0.2, 0.25) is 0 Å². The highest BCUT2D eigenvalue weighted by atomic mass is 16.5. The highest BCUT2D eigenvalue weighted by Gasteiger charge is 2.71. The number of fused-ring (bicyclic) bond motifs is 3. The molecule has 2 saturated carbocycles. The average Bonchev–Trinajstić information content (AvgIpc) is 3.48. The number of ether oxygens (including phenoxy) is 1. The van der Waals surface area contributed by atoms with E-state index in [4.69, 9.17) is 4.74 Å². The third-order valence-corrected chi connectivity index (χ3v) is 8.58. The summed E-state index contributed by atoms with van der Waals surface area (Å²) in [6.45, 7) is 3.28. The van der Waals surface area contributed by atoms with Gasteiger partial charge in [-0.2, -0.15) is 0 Å². The molecule has 4 nitrogen and oxygen atoms in total. The van der Waals surface area contributed by atoms with Gasteiger partial charge in [0.2, 0.25) is 0 Å². The number of likely N-dealkylation sites (N-methyl/N-ethyl adjacent to an activating group) is 1. The normalized spacial score (nSPS) is 43.8. The summed E-state index contributed by atoms with van der Waals surface area (Å²) >= 11 is 0. The Balaban J connectivity index is 1.52. The van der Waals surface area contributed by atoms with Crippen LogP contribution in [0.15, 0.2) is 18.2 Å². The van der Waals surface area contributed by atoms with Gasteiger partial charge in [-0.1, -0.05) is 6.07 Å². The number of hydrogen-bond donors (Lipinski definition) is 2. The van der Waals surface area contributed by atoms with E-state index in [2.05, 4.69) is 29.4 Å². The molecule has 26 heavy (non-hydrogen) atoms. The van der Waals surface area contributed by atoms with Gasteiger partial charge >= 0.3 is 0 Å². The van der Waals surface area contributed by atoms with E-state index in [0.29, 0.717) is 11.8 Å². The van der Waals surface area contributed by atoms with Crippen molar-refractivity contribution >= 4 is 0 Å². The number of piperidine rings is 1. The van der Waals surface area contributed by atoms with Gasteiger partial charge in [-0.3, -0.25) is 4.90 Å². The SMILES string of the molecule is CNC12CCC3(OC1)C1Cc4ccc(O)cc4C3(CCN1CC1CC1)C2. The summed E-state index contributed by atoms with van der Waals surface area (Å²) in [7, 11) is 2.10. The van der Waals surface area contributed by atoms with Crippen LogP contribution < -0.4 is 5.32 Å². The van der Waals surface area contributed by atoms with Crippen molar-refractivity contribution in [1.29, 1.82) is 0 Å². The van der Waals surface area contributed by atoms with Gasteiger partial charge in [0, 0.05) is 23.5 Å². The number of phenols is 1. The molecule has 3 heterocycles. The molecule has 1 spiro atoms. The molecule has 4 atom stereocenters. The lowest BCUT2D eigenvalue weighted by atomic mass is 9.45. The predicted octanol–water partition coefficient (Wildman–Crippen LogP) is 2.58. The van der Waals surface area contributed by atoms with Crippen LogP contribution in [0.25, 0.3) is 0 Å². The number of nitrogens with zero attached hydrogens (tertiary/aromatic N) is 1. The first-order chi connectivity index (χ1) is 12.6. The molecule has 0 aromatic heterocycles. The van der Waals surface area contributed by atoms with Gasteiger partial charge in [0.15, 0.2) is 0 Å². The second-order valence-corrected chi connectivity index (χ2v) is 9.72. The lowest BCUT2D eigenvalue weighted by molar-refractivity contribution is -0.262. The molecule has 0 amide bonds. The number of aromatic hydroxyl groups is 1. The highest BCUT2D eigenvalue weighted by molar-refractivity contribution is 5.50. The Morgan fingerprint density at radius 2 is 2.15 bits per heavy atom. The quantitative estimate of drug-likeness (QED) is 0.876. The Morgan fingerprint density at radius 1 is 1.27 bits per heavy atom. The van der Waals surface area contributed by atoms with Crippen LogP contribution in [0, 0.1) is 5.92 Å². The Hall–Kier alpha value is -1.10. The fraction of sp³-hybridized carbons (Fsp3) is 0.727. The summed E-state index contributed by atoms with van der Waals surface area (Å²) in [4.78, 5) is 2.78. The van der Waals surface area contributed by atoms with Gasteiger partial charge in [0.25, 0.3) is 0 Å². The third kappa shape index (κ3) is 1.86. The van der Waals surface area contributed by atoms with E-state index in [1.165, 1.54) is 43.5 Å². The van der Waals surface area contributed by atoms with Crippen LogP contribution in [0.4, 0.5) is 0 Å². The zero-order valence-electron chi connectivity index (χ0n) is 15.8. The van der Waals surface area contributed by atoms with Crippen molar-refractivity contribution in [3.8, 4) is 5.75 Å². The molecule has 0 radical (unpaired) electrons. The van der Waals surface area contributed by atoms with E-state index in [1.54, 1.807) is 0 Å². The molecule has 2 N–H and O–H groups in total. The van der Waals surface area contributed by atoms with Crippen LogP contribution in [-0.2, 0) is 16.6 Å². The van der Waals surface area contributed by atoms with Crippen LogP contribution >= 0.6 is 0 Å². The first-order valence-corrected chi connectivity index (χ1v) is 10.5. The van der Waals surface area contributed by atoms with Crippen molar-refractivity contribution in [1.82, 2.24) is 10.2 Å². The standard InChI is InChI=1S/C22H30N2O2/c1-23-20-6-7-22(26-14-20)19-10-16-4-5-17(25)11-18(16)21(22,13-20)8-9-24(19)12-15-2-3-15/h4-5,11,15,19,23,25H,2-3,6-10,12-14H2,1H3. The van der Waals surface area contributed by atoms with Gasteiger partial charge in [-0.05, 0) is 87.7 Å². The van der Waals surface area contributed by atoms with E-state index in [1.807, 2.05) is 6.07 Å². The van der Waals surface area contributed by atoms with E-state index in [0.717, 1.165) is 38.2 Å². The largest absolute Gasteiger partial charge is 0.508 e. The molecule has 4 bridgehead atoms. The number of benzene rings is 1. The molecule has 140 valence electrons. The van der Waals surface area contributed by atoms with Gasteiger partial charge in [0.1, 0.15) is 5.75 Å². The van der Waals surface area contributed by atoms with E-state index in [9.17, 15) is 5.11 Å². The summed E-state index contributed by atoms with van der Waals surface area (Å²) < 4.78 is 6.86. The number of hydrogen-bond acceptors (Lipinski definition) is 4. The molecule has 4 unspecified atom stereocenters. The van der Waals surface area contributed by atoms with Crippen molar-refractivity contribution in [2.45, 2.75) is 67.5 Å². The maximum Gasteiger partial charge on any atom is 0.115 e. The van der Waals surface area contributed by atoms with Crippen LogP contribution in [0.5, 0.6) is 5.75 Å². The first-order valence-electron chi connectivity index (χ1n) is 10.5. The molecular weight excluding hydrogens is 324 g/mol. The molecule has 5 fully saturated rings. The Morgan fingerprint density at radius 3 is 2.88 bits per heavy atom. The van der Waals surface area contributed by atoms with Gasteiger partial charge in [-0.15, -0.1) is 0 Å². The summed E-state index contributed by atoms with van der Waals surface area (Å²) in [5.74, 6) is 1.33. The van der Waals surface area contributed by atoms with E-state index in [-0.39, 0.29) is 16.6 Å². The predicted molar refractivity (Wildman–Crippen MR) is 101 cm³/mol. The number of nitrogens with one attached hydrogen (secondary N) is 1. The average molecular weight is 354 g/mol. The summed E-state index contributed by atoms with van der Waals surface area (Å²) in [5.41, 5.74) is 2.94. The topological polar surface area (TPSA) is 44.7 Å². The monoisotopic (exact) mass is 354 g/mol. The zero-order valence-corrected chi connectivity index (χ0v) is 15.8. The summed E-state index contributed by atoms with van der Waals surface area (Å²) in [5, 5.41) is 13.9. The summed E-state index contributed by atoms with van der Waals surface area (Å²) in [6, 6.07) is 6.63. The minimum Gasteiger partial charge on any atom is -0.508 e. The van der Waals surface area contributed by atoms with Crippen molar-refractivity contribution < 1.29 is 9.84 Å². The second kappa shape index (κ2) is 5.03. The maximum absolute atomic E-state index is 10.3. The number of rotatable bonds is 3. The molecule has 1 aromatic rings. The van der Waals surface area contributed by atoms with Crippen LogP contribution in [0.1, 0.15) is 49.7 Å². The molecule has 3 aliphatic carbocycles. The minimum atomic E-state index is -0.0560. The molecule has 3 saturated heterocycles. The van der Waals surface area contributed by atoms with Crippen molar-refractivity contribution in [2.24, 2.45) is 5.92 Å². The van der Waals surface area contributed by atoms with Crippen molar-refractivity contribution in [3.63, 3.8) is 0 Å². The Bertz CT molecular complexity index is 751. The smallest absolute Gasteiger partial charge is 0.115 e. The van der Waals surface area contributed by atoms with Crippen LogP contribution in [-0.4, -0.2) is 53.9 Å². The maximum atomic E-state index is 10.3. The van der Waals surface area contributed by atoms with Crippen molar-refractivity contribution in [2.75, 3.05) is 26.7 Å². The lowest BCUT2D eigenvalue weighted by Gasteiger charge is -2.71. The fourth-order valence-corrected chi connectivity index (χ4v) is 7.03. The van der Waals surface area contributed by atoms with Crippen LogP contribution in [0.3, 0.4) is 0 Å². The van der Waals surface area contributed by atoms with Gasteiger partial charge < -0.3 is 15.2 Å². The molecule has 7 rings (SSSR count). The first kappa shape index (κ1) is 15.9. The number of phenolic OH excluding ortho intramolecular Hbond substituents is 1. The Kier molecular flexibility index (Phi) is 3.08. The number of likely N-dealkylation sites (tertiary alicyclic amines) is 1. The molecule has 3 aliphatic heterocycles. The van der Waals surface area contributed by atoms with Gasteiger partial charge in [-0.25, -0.2) is 0 Å². The van der Waals surface area contributed by atoms with E-state index < -0.39 is 0 Å².